The second-order valence-corrected chi connectivity index (χ2v) is 4.98. The highest BCUT2D eigenvalue weighted by atomic mass is 35.5. The van der Waals surface area contributed by atoms with E-state index < -0.39 is 23.0 Å². The number of hydrogen-bond acceptors (Lipinski definition) is 2. The summed E-state index contributed by atoms with van der Waals surface area (Å²) in [5, 5.41) is 0.915. The Hall–Kier alpha value is -2.40. The van der Waals surface area contributed by atoms with Gasteiger partial charge in [-0.3, -0.25) is 4.79 Å². The molecule has 0 unspecified atom stereocenters. The van der Waals surface area contributed by atoms with Crippen molar-refractivity contribution >= 4 is 34.0 Å². The predicted molar refractivity (Wildman–Crippen MR) is 77.5 cm³/mol. The van der Waals surface area contributed by atoms with Crippen molar-refractivity contribution in [3.8, 4) is 0 Å². The summed E-state index contributed by atoms with van der Waals surface area (Å²) in [6.07, 6.45) is 1.39. The van der Waals surface area contributed by atoms with Gasteiger partial charge in [0.25, 0.3) is 0 Å². The summed E-state index contributed by atoms with van der Waals surface area (Å²) in [6.45, 7) is 0. The standard InChI is InChI=1S/C15H9ClF2N2O/c16-7-1-4-12-8(5-7)9(6-20-12)15(21)13-10(17)2-3-11(19)14(13)18/h1-6,20H,19H2. The quantitative estimate of drug-likeness (QED) is 0.557. The Morgan fingerprint density at radius 2 is 1.95 bits per heavy atom. The molecule has 3 nitrogen and oxygen atoms in total. The van der Waals surface area contributed by atoms with Crippen LogP contribution in [0.25, 0.3) is 10.9 Å². The summed E-state index contributed by atoms with van der Waals surface area (Å²) in [7, 11) is 0. The predicted octanol–water partition coefficient (Wildman–Crippen LogP) is 3.91. The second-order valence-electron chi connectivity index (χ2n) is 4.55. The van der Waals surface area contributed by atoms with E-state index in [1.807, 2.05) is 0 Å². The van der Waals surface area contributed by atoms with E-state index in [9.17, 15) is 13.6 Å². The molecule has 6 heteroatoms. The van der Waals surface area contributed by atoms with Crippen LogP contribution in [0.4, 0.5) is 14.5 Å². The number of fused-ring (bicyclic) bond motifs is 1. The van der Waals surface area contributed by atoms with Gasteiger partial charge in [0.1, 0.15) is 5.82 Å². The summed E-state index contributed by atoms with van der Waals surface area (Å²) in [4.78, 5) is 15.3. The maximum Gasteiger partial charge on any atom is 0.201 e. The van der Waals surface area contributed by atoms with Gasteiger partial charge in [-0.1, -0.05) is 11.6 Å². The number of anilines is 1. The van der Waals surface area contributed by atoms with Crippen LogP contribution in [0.2, 0.25) is 5.02 Å². The summed E-state index contributed by atoms with van der Waals surface area (Å²) in [6, 6.07) is 6.93. The lowest BCUT2D eigenvalue weighted by atomic mass is 10.0. The Morgan fingerprint density at radius 3 is 2.71 bits per heavy atom. The number of benzene rings is 2. The fourth-order valence-electron chi connectivity index (χ4n) is 2.19. The number of nitrogens with two attached hydrogens (primary N) is 1. The summed E-state index contributed by atoms with van der Waals surface area (Å²) in [5.74, 6) is -2.80. The molecule has 3 N–H and O–H groups in total. The van der Waals surface area contributed by atoms with Crippen LogP contribution < -0.4 is 5.73 Å². The van der Waals surface area contributed by atoms with Gasteiger partial charge in [0.2, 0.25) is 5.78 Å². The normalized spacial score (nSPS) is 11.0. The highest BCUT2D eigenvalue weighted by Crippen LogP contribution is 2.27. The van der Waals surface area contributed by atoms with Crippen molar-refractivity contribution in [1.29, 1.82) is 0 Å². The fraction of sp³-hybridized carbons (Fsp3) is 0. The third-order valence-electron chi connectivity index (χ3n) is 3.24. The third kappa shape index (κ3) is 2.15. The molecule has 106 valence electrons. The number of H-pyrrole nitrogens is 1. The molecule has 3 rings (SSSR count). The number of carbonyl (C=O) groups excluding carboxylic acids is 1. The summed E-state index contributed by atoms with van der Waals surface area (Å²) < 4.78 is 27.8. The summed E-state index contributed by atoms with van der Waals surface area (Å²) in [5.41, 5.74) is 5.23. The zero-order valence-corrected chi connectivity index (χ0v) is 11.3. The third-order valence-corrected chi connectivity index (χ3v) is 3.47. The molecule has 0 spiro atoms. The van der Waals surface area contributed by atoms with E-state index in [-0.39, 0.29) is 11.3 Å². The van der Waals surface area contributed by atoms with Gasteiger partial charge < -0.3 is 10.7 Å². The Bertz CT molecular complexity index is 873. The van der Waals surface area contributed by atoms with Gasteiger partial charge in [-0.25, -0.2) is 8.78 Å². The van der Waals surface area contributed by atoms with E-state index in [4.69, 9.17) is 17.3 Å². The molecule has 2 aromatic carbocycles. The molecule has 1 aromatic heterocycles. The largest absolute Gasteiger partial charge is 0.396 e. The number of rotatable bonds is 2. The highest BCUT2D eigenvalue weighted by molar-refractivity contribution is 6.31. The Kier molecular flexibility index (Phi) is 3.14. The van der Waals surface area contributed by atoms with Crippen LogP contribution in [0.5, 0.6) is 0 Å². The smallest absolute Gasteiger partial charge is 0.201 e. The molecule has 0 amide bonds. The van der Waals surface area contributed by atoms with Crippen molar-refractivity contribution < 1.29 is 13.6 Å². The van der Waals surface area contributed by atoms with Crippen molar-refractivity contribution in [2.75, 3.05) is 5.73 Å². The number of nitrogen functional groups attached to an aromatic ring is 1. The molecule has 0 aliphatic carbocycles. The van der Waals surface area contributed by atoms with E-state index in [1.54, 1.807) is 18.2 Å². The van der Waals surface area contributed by atoms with Crippen LogP contribution in [0.1, 0.15) is 15.9 Å². The lowest BCUT2D eigenvalue weighted by Crippen LogP contribution is -2.09. The van der Waals surface area contributed by atoms with Crippen molar-refractivity contribution in [2.45, 2.75) is 0 Å². The van der Waals surface area contributed by atoms with Gasteiger partial charge in [-0.15, -0.1) is 0 Å². The van der Waals surface area contributed by atoms with Gasteiger partial charge in [0, 0.05) is 27.7 Å². The molecule has 0 atom stereocenters. The monoisotopic (exact) mass is 306 g/mol. The minimum absolute atomic E-state index is 0.135. The lowest BCUT2D eigenvalue weighted by molar-refractivity contribution is 0.103. The summed E-state index contributed by atoms with van der Waals surface area (Å²) >= 11 is 5.89. The number of nitrogens with one attached hydrogen (secondary N) is 1. The van der Waals surface area contributed by atoms with Crippen LogP contribution in [-0.2, 0) is 0 Å². The number of ketones is 1. The molecule has 0 aliphatic heterocycles. The van der Waals surface area contributed by atoms with E-state index in [0.29, 0.717) is 15.9 Å². The maximum absolute atomic E-state index is 14.0. The molecular formula is C15H9ClF2N2O. The van der Waals surface area contributed by atoms with Crippen molar-refractivity contribution in [2.24, 2.45) is 0 Å². The molecular weight excluding hydrogens is 298 g/mol. The number of aromatic amines is 1. The van der Waals surface area contributed by atoms with Crippen molar-refractivity contribution in [3.05, 3.63) is 64.3 Å². The average molecular weight is 307 g/mol. The van der Waals surface area contributed by atoms with Crippen molar-refractivity contribution in [3.63, 3.8) is 0 Å². The van der Waals surface area contributed by atoms with Crippen LogP contribution in [0, 0.1) is 11.6 Å². The van der Waals surface area contributed by atoms with Crippen molar-refractivity contribution in [1.82, 2.24) is 4.98 Å². The fourth-order valence-corrected chi connectivity index (χ4v) is 2.36. The maximum atomic E-state index is 14.0. The molecule has 3 aromatic rings. The highest BCUT2D eigenvalue weighted by Gasteiger charge is 2.23. The van der Waals surface area contributed by atoms with Gasteiger partial charge in [0.15, 0.2) is 5.82 Å². The van der Waals surface area contributed by atoms with Gasteiger partial charge >= 0.3 is 0 Å². The van der Waals surface area contributed by atoms with Crippen LogP contribution in [-0.4, -0.2) is 10.8 Å². The zero-order valence-electron chi connectivity index (χ0n) is 10.6. The molecule has 0 bridgehead atoms. The number of carbonyl (C=O) groups is 1. The van der Waals surface area contributed by atoms with E-state index in [0.717, 1.165) is 12.1 Å². The van der Waals surface area contributed by atoms with Gasteiger partial charge in [0.05, 0.1) is 11.3 Å². The average Bonchev–Trinajstić information content (AvgIpc) is 2.86. The number of hydrogen-bond donors (Lipinski definition) is 2. The molecule has 0 fully saturated rings. The van der Waals surface area contributed by atoms with E-state index >= 15 is 0 Å². The SMILES string of the molecule is Nc1ccc(F)c(C(=O)c2c[nH]c3ccc(Cl)cc23)c1F. The van der Waals surface area contributed by atoms with Crippen LogP contribution >= 0.6 is 11.6 Å². The molecule has 0 saturated heterocycles. The first kappa shape index (κ1) is 13.6. The second kappa shape index (κ2) is 4.86. The molecule has 0 saturated carbocycles. The van der Waals surface area contributed by atoms with Crippen LogP contribution in [0.3, 0.4) is 0 Å². The molecule has 21 heavy (non-hydrogen) atoms. The topological polar surface area (TPSA) is 58.9 Å². The Balaban J connectivity index is 2.22. The minimum Gasteiger partial charge on any atom is -0.396 e. The van der Waals surface area contributed by atoms with Crippen LogP contribution in [0.15, 0.2) is 36.5 Å². The lowest BCUT2D eigenvalue weighted by Gasteiger charge is -2.05. The Labute approximate surface area is 123 Å². The van der Waals surface area contributed by atoms with Gasteiger partial charge in [-0.2, -0.15) is 0 Å². The minimum atomic E-state index is -1.06. The first-order chi connectivity index (χ1) is 9.99. The zero-order chi connectivity index (χ0) is 15.1. The Morgan fingerprint density at radius 1 is 1.19 bits per heavy atom. The molecule has 0 aliphatic rings. The molecule has 1 heterocycles. The number of aromatic nitrogens is 1. The van der Waals surface area contributed by atoms with Gasteiger partial charge in [-0.05, 0) is 30.3 Å². The molecule has 0 radical (unpaired) electrons. The number of halogens is 3. The van der Waals surface area contributed by atoms with E-state index in [1.165, 1.54) is 6.20 Å². The first-order valence-corrected chi connectivity index (χ1v) is 6.41. The van der Waals surface area contributed by atoms with E-state index in [2.05, 4.69) is 4.98 Å². The first-order valence-electron chi connectivity index (χ1n) is 6.04.